The number of carboxylic acids is 1. The van der Waals surface area contributed by atoms with Gasteiger partial charge >= 0.3 is 12.1 Å². The van der Waals surface area contributed by atoms with E-state index in [4.69, 9.17) is 4.74 Å². The van der Waals surface area contributed by atoms with Gasteiger partial charge in [0.15, 0.2) is 5.60 Å². The van der Waals surface area contributed by atoms with E-state index in [0.29, 0.717) is 24.0 Å². The standard InChI is InChI=1S/C29H28N2O6/c32-26(33)25-24-17-16-23(31(24)28(35)37-19-20-10-4-1-5-11-20)18-30(25)27(34)29(36,21-12-6-2-7-13-21)22-14-8-3-9-15-22/h1-15,23-25,36H,16-19H2,(H,32,33)/t23?,24-,25+/m1/s1. The number of nitrogens with zero attached hydrogens (tertiary/aromatic N) is 2. The highest BCUT2D eigenvalue weighted by Crippen LogP contribution is 2.39. The van der Waals surface area contributed by atoms with E-state index in [1.54, 1.807) is 60.7 Å². The van der Waals surface area contributed by atoms with Crippen LogP contribution in [0.1, 0.15) is 29.5 Å². The number of rotatable bonds is 6. The van der Waals surface area contributed by atoms with Gasteiger partial charge in [-0.3, -0.25) is 9.69 Å². The van der Waals surface area contributed by atoms with E-state index in [9.17, 15) is 24.6 Å². The van der Waals surface area contributed by atoms with E-state index < -0.39 is 41.7 Å². The van der Waals surface area contributed by atoms with Crippen LogP contribution >= 0.6 is 0 Å². The van der Waals surface area contributed by atoms with Gasteiger partial charge in [-0.1, -0.05) is 91.0 Å². The molecule has 3 atom stereocenters. The topological polar surface area (TPSA) is 107 Å². The van der Waals surface area contributed by atoms with E-state index in [-0.39, 0.29) is 13.2 Å². The average molecular weight is 501 g/mol. The summed E-state index contributed by atoms with van der Waals surface area (Å²) in [7, 11) is 0. The lowest BCUT2D eigenvalue weighted by Gasteiger charge is -2.46. The van der Waals surface area contributed by atoms with Gasteiger partial charge in [0.05, 0.1) is 12.1 Å². The number of aliphatic carboxylic acids is 1. The van der Waals surface area contributed by atoms with E-state index in [1.807, 2.05) is 30.3 Å². The zero-order chi connectivity index (χ0) is 26.0. The van der Waals surface area contributed by atoms with Crippen LogP contribution in [-0.4, -0.2) is 62.7 Å². The van der Waals surface area contributed by atoms with Crippen LogP contribution in [0.2, 0.25) is 0 Å². The number of fused-ring (bicyclic) bond motifs is 2. The number of ether oxygens (including phenoxy) is 1. The zero-order valence-corrected chi connectivity index (χ0v) is 20.1. The Morgan fingerprint density at radius 1 is 0.838 bits per heavy atom. The summed E-state index contributed by atoms with van der Waals surface area (Å²) in [5.41, 5.74) is -0.589. The van der Waals surface area contributed by atoms with Gasteiger partial charge in [-0.25, -0.2) is 9.59 Å². The van der Waals surface area contributed by atoms with Crippen molar-refractivity contribution in [1.82, 2.24) is 9.80 Å². The number of hydrogen-bond donors (Lipinski definition) is 2. The van der Waals surface area contributed by atoms with Crippen LogP contribution in [0.4, 0.5) is 4.79 Å². The number of carbonyl (C=O) groups is 3. The SMILES string of the molecule is O=C(O)[C@@H]1[C@H]2CCC(CN1C(=O)C(O)(c1ccccc1)c1ccccc1)N2C(=O)OCc1ccccc1. The molecule has 2 N–H and O–H groups in total. The molecule has 5 rings (SSSR count). The highest BCUT2D eigenvalue weighted by atomic mass is 16.6. The second kappa shape index (κ2) is 10.1. The minimum absolute atomic E-state index is 0.0191. The first-order valence-electron chi connectivity index (χ1n) is 12.3. The summed E-state index contributed by atoms with van der Waals surface area (Å²) in [6.45, 7) is 0.0481. The lowest BCUT2D eigenvalue weighted by molar-refractivity contribution is -0.165. The predicted octanol–water partition coefficient (Wildman–Crippen LogP) is 3.39. The Hall–Kier alpha value is -4.17. The molecule has 2 aliphatic rings. The second-order valence-electron chi connectivity index (χ2n) is 9.43. The van der Waals surface area contributed by atoms with Gasteiger partial charge in [-0.15, -0.1) is 0 Å². The molecule has 8 nitrogen and oxygen atoms in total. The van der Waals surface area contributed by atoms with Crippen LogP contribution < -0.4 is 0 Å². The molecule has 0 aliphatic carbocycles. The monoisotopic (exact) mass is 500 g/mol. The number of carboxylic acid groups (broad SMARTS) is 1. The quantitative estimate of drug-likeness (QED) is 0.537. The molecule has 2 fully saturated rings. The maximum atomic E-state index is 14.1. The van der Waals surface area contributed by atoms with E-state index in [2.05, 4.69) is 0 Å². The molecule has 2 aliphatic heterocycles. The van der Waals surface area contributed by atoms with Crippen molar-refractivity contribution in [2.75, 3.05) is 6.54 Å². The minimum atomic E-state index is -2.09. The Morgan fingerprint density at radius 2 is 1.38 bits per heavy atom. The fraction of sp³-hybridized carbons (Fsp3) is 0.276. The summed E-state index contributed by atoms with van der Waals surface area (Å²) in [6.07, 6.45) is 0.352. The van der Waals surface area contributed by atoms with Gasteiger partial charge in [-0.2, -0.15) is 0 Å². The van der Waals surface area contributed by atoms with Crippen molar-refractivity contribution in [2.24, 2.45) is 0 Å². The fourth-order valence-electron chi connectivity index (χ4n) is 5.52. The van der Waals surface area contributed by atoms with Crippen molar-refractivity contribution in [2.45, 2.75) is 43.2 Å². The number of piperazine rings is 1. The van der Waals surface area contributed by atoms with Gasteiger partial charge in [0, 0.05) is 6.54 Å². The lowest BCUT2D eigenvalue weighted by atomic mass is 9.84. The first-order valence-corrected chi connectivity index (χ1v) is 12.3. The lowest BCUT2D eigenvalue weighted by Crippen LogP contribution is -2.67. The summed E-state index contributed by atoms with van der Waals surface area (Å²) < 4.78 is 5.52. The summed E-state index contributed by atoms with van der Waals surface area (Å²) >= 11 is 0. The van der Waals surface area contributed by atoms with E-state index in [0.717, 1.165) is 5.56 Å². The number of carbonyl (C=O) groups excluding carboxylic acids is 2. The van der Waals surface area contributed by atoms with Gasteiger partial charge < -0.3 is 19.8 Å². The zero-order valence-electron chi connectivity index (χ0n) is 20.1. The molecule has 0 saturated carbocycles. The van der Waals surface area contributed by atoms with Crippen LogP contribution in [0.5, 0.6) is 0 Å². The normalized spacial score (nSPS) is 20.9. The van der Waals surface area contributed by atoms with Gasteiger partial charge in [-0.05, 0) is 29.5 Å². The largest absolute Gasteiger partial charge is 0.480 e. The molecular weight excluding hydrogens is 472 g/mol. The average Bonchev–Trinajstić information content (AvgIpc) is 3.24. The first-order chi connectivity index (χ1) is 17.9. The maximum Gasteiger partial charge on any atom is 0.410 e. The molecule has 37 heavy (non-hydrogen) atoms. The van der Waals surface area contributed by atoms with Crippen molar-refractivity contribution in [3.8, 4) is 0 Å². The Bertz CT molecular complexity index is 1230. The van der Waals surface area contributed by atoms with E-state index in [1.165, 1.54) is 9.80 Å². The number of benzene rings is 3. The molecule has 2 bridgehead atoms. The Labute approximate surface area is 214 Å². The Balaban J connectivity index is 1.45. The molecular formula is C29H28N2O6. The first kappa shape index (κ1) is 24.5. The minimum Gasteiger partial charge on any atom is -0.480 e. The fourth-order valence-corrected chi connectivity index (χ4v) is 5.52. The molecule has 0 spiro atoms. The van der Waals surface area contributed by atoms with Crippen molar-refractivity contribution in [1.29, 1.82) is 0 Å². The number of likely N-dealkylation sites (tertiary alicyclic amines) is 1. The van der Waals surface area contributed by atoms with Crippen LogP contribution in [0.15, 0.2) is 91.0 Å². The van der Waals surface area contributed by atoms with Gasteiger partial charge in [0.2, 0.25) is 0 Å². The van der Waals surface area contributed by atoms with Crippen molar-refractivity contribution in [3.63, 3.8) is 0 Å². The Kier molecular flexibility index (Phi) is 6.67. The third-order valence-corrected chi connectivity index (χ3v) is 7.28. The number of amides is 2. The van der Waals surface area contributed by atoms with E-state index >= 15 is 0 Å². The van der Waals surface area contributed by atoms with Gasteiger partial charge in [0.1, 0.15) is 12.6 Å². The summed E-state index contributed by atoms with van der Waals surface area (Å²) in [5, 5.41) is 22.2. The summed E-state index contributed by atoms with van der Waals surface area (Å²) in [6, 6.07) is 23.7. The third kappa shape index (κ3) is 4.44. The molecule has 190 valence electrons. The van der Waals surface area contributed by atoms with Crippen molar-refractivity contribution in [3.05, 3.63) is 108 Å². The highest BCUT2D eigenvalue weighted by molar-refractivity contribution is 5.94. The smallest absolute Gasteiger partial charge is 0.410 e. The molecule has 8 heteroatoms. The van der Waals surface area contributed by atoms with Crippen LogP contribution in [0, 0.1) is 0 Å². The second-order valence-corrected chi connectivity index (χ2v) is 9.43. The molecule has 2 amide bonds. The molecule has 3 aromatic rings. The number of hydrogen-bond acceptors (Lipinski definition) is 5. The summed E-state index contributed by atoms with van der Waals surface area (Å²) in [5.74, 6) is -1.96. The van der Waals surface area contributed by atoms with Crippen LogP contribution in [-0.2, 0) is 26.5 Å². The third-order valence-electron chi connectivity index (χ3n) is 7.28. The molecule has 0 radical (unpaired) electrons. The van der Waals surface area contributed by atoms with Crippen molar-refractivity contribution >= 4 is 18.0 Å². The highest BCUT2D eigenvalue weighted by Gasteiger charge is 2.56. The molecule has 1 unspecified atom stereocenters. The van der Waals surface area contributed by atoms with Crippen molar-refractivity contribution < 1.29 is 29.3 Å². The molecule has 3 aromatic carbocycles. The predicted molar refractivity (Wildman–Crippen MR) is 134 cm³/mol. The summed E-state index contributed by atoms with van der Waals surface area (Å²) in [4.78, 5) is 42.4. The molecule has 2 heterocycles. The van der Waals surface area contributed by atoms with Crippen LogP contribution in [0.3, 0.4) is 0 Å². The molecule has 2 saturated heterocycles. The number of aliphatic hydroxyl groups is 1. The maximum absolute atomic E-state index is 14.1. The van der Waals surface area contributed by atoms with Crippen LogP contribution in [0.25, 0.3) is 0 Å². The Morgan fingerprint density at radius 3 is 1.92 bits per heavy atom. The molecule has 0 aromatic heterocycles. The van der Waals surface area contributed by atoms with Gasteiger partial charge in [0.25, 0.3) is 5.91 Å².